The Balaban J connectivity index is 2.64. The van der Waals surface area contributed by atoms with Gasteiger partial charge in [0.05, 0.1) is 6.04 Å². The molecule has 1 radical (unpaired) electrons. The Hall–Kier alpha value is -1.35. The first-order valence-corrected chi connectivity index (χ1v) is 3.99. The Bertz CT molecular complexity index is 292. The number of aromatic hydroxyl groups is 1. The van der Waals surface area contributed by atoms with Crippen molar-refractivity contribution in [1.82, 2.24) is 0 Å². The van der Waals surface area contributed by atoms with Gasteiger partial charge in [-0.3, -0.25) is 4.79 Å². The molecule has 0 unspecified atom stereocenters. The zero-order valence-corrected chi connectivity index (χ0v) is 7.23. The van der Waals surface area contributed by atoms with Crippen molar-refractivity contribution in [2.24, 2.45) is 5.73 Å². The van der Waals surface area contributed by atoms with Gasteiger partial charge in [-0.05, 0) is 24.1 Å². The Morgan fingerprint density at radius 1 is 1.46 bits per heavy atom. The van der Waals surface area contributed by atoms with E-state index in [0.29, 0.717) is 6.42 Å². The lowest BCUT2D eigenvalue weighted by atomic mass is 10.0. The van der Waals surface area contributed by atoms with Gasteiger partial charge in [-0.15, -0.1) is 0 Å². The predicted molar refractivity (Wildman–Crippen MR) is 50.2 cm³/mol. The highest BCUT2D eigenvalue weighted by Gasteiger charge is 2.08. The van der Waals surface area contributed by atoms with E-state index in [1.54, 1.807) is 24.3 Å². The minimum absolute atomic E-state index is 0.207. The number of phenolic OH excluding ortho intramolecular Hbond substituents is 1. The molecule has 13 heavy (non-hydrogen) atoms. The highest BCUT2D eigenvalue weighted by molar-refractivity contribution is 5.87. The average molecular weight is 178 g/mol. The van der Waals surface area contributed by atoms with Crippen LogP contribution in [0.5, 0.6) is 5.75 Å². The number of hydrogen-bond donors (Lipinski definition) is 2. The van der Waals surface area contributed by atoms with Gasteiger partial charge in [0.15, 0.2) is 0 Å². The molecule has 0 saturated heterocycles. The number of rotatable bonds is 3. The smallest absolute Gasteiger partial charge is 0.150 e. The maximum absolute atomic E-state index is 10.7. The lowest BCUT2D eigenvalue weighted by Crippen LogP contribution is -2.30. The summed E-state index contributed by atoms with van der Waals surface area (Å²) in [6, 6.07) is 6.05. The molecule has 0 aliphatic heterocycles. The van der Waals surface area contributed by atoms with Crippen LogP contribution in [0.4, 0.5) is 0 Å². The lowest BCUT2D eigenvalue weighted by Gasteiger charge is -2.06. The van der Waals surface area contributed by atoms with Gasteiger partial charge in [-0.25, -0.2) is 0 Å². The highest BCUT2D eigenvalue weighted by atomic mass is 16.3. The number of phenols is 1. The zero-order chi connectivity index (χ0) is 9.84. The molecule has 0 aliphatic carbocycles. The number of ketones is 1. The molecule has 0 amide bonds. The number of carbonyl (C=O) groups is 1. The van der Waals surface area contributed by atoms with E-state index in [4.69, 9.17) is 10.8 Å². The largest absolute Gasteiger partial charge is 0.508 e. The van der Waals surface area contributed by atoms with Crippen molar-refractivity contribution >= 4 is 5.78 Å². The fourth-order valence-electron chi connectivity index (χ4n) is 1.000. The molecule has 3 nitrogen and oxygen atoms in total. The average Bonchev–Trinajstić information content (AvgIpc) is 2.08. The fourth-order valence-corrected chi connectivity index (χ4v) is 1.000. The normalized spacial score (nSPS) is 12.5. The second kappa shape index (κ2) is 4.05. The van der Waals surface area contributed by atoms with E-state index in [-0.39, 0.29) is 11.5 Å². The standard InChI is InChI=1S/C10H12NO2/c1-7(12)10(11)6-8-2-4-9(13)5-3-8/h2-5,10,13H,1,6,11H2/t10-/m0/s1. The van der Waals surface area contributed by atoms with Gasteiger partial charge in [0, 0.05) is 6.92 Å². The summed E-state index contributed by atoms with van der Waals surface area (Å²) in [4.78, 5) is 10.7. The summed E-state index contributed by atoms with van der Waals surface area (Å²) in [5.74, 6) is -0.0636. The van der Waals surface area contributed by atoms with Crippen LogP contribution in [0.3, 0.4) is 0 Å². The van der Waals surface area contributed by atoms with Gasteiger partial charge < -0.3 is 10.8 Å². The molecule has 1 atom stereocenters. The monoisotopic (exact) mass is 178 g/mol. The second-order valence-corrected chi connectivity index (χ2v) is 2.94. The van der Waals surface area contributed by atoms with Crippen LogP contribution in [-0.4, -0.2) is 16.9 Å². The highest BCUT2D eigenvalue weighted by Crippen LogP contribution is 2.10. The van der Waals surface area contributed by atoms with Crippen molar-refractivity contribution in [2.75, 3.05) is 0 Å². The number of benzene rings is 1. The third-order valence-electron chi connectivity index (χ3n) is 1.81. The van der Waals surface area contributed by atoms with Crippen LogP contribution in [0, 0.1) is 6.92 Å². The van der Waals surface area contributed by atoms with Gasteiger partial charge in [0.25, 0.3) is 0 Å². The Kier molecular flexibility index (Phi) is 3.03. The molecular weight excluding hydrogens is 166 g/mol. The maximum Gasteiger partial charge on any atom is 0.150 e. The van der Waals surface area contributed by atoms with Crippen LogP contribution in [0.1, 0.15) is 5.56 Å². The van der Waals surface area contributed by atoms with Crippen LogP contribution in [0.2, 0.25) is 0 Å². The summed E-state index contributed by atoms with van der Waals surface area (Å²) in [6.45, 7) is 3.24. The summed E-state index contributed by atoms with van der Waals surface area (Å²) < 4.78 is 0. The molecule has 0 heterocycles. The van der Waals surface area contributed by atoms with Crippen LogP contribution < -0.4 is 5.73 Å². The summed E-state index contributed by atoms with van der Waals surface area (Å²) >= 11 is 0. The van der Waals surface area contributed by atoms with Crippen molar-refractivity contribution < 1.29 is 9.90 Å². The van der Waals surface area contributed by atoms with Crippen molar-refractivity contribution in [1.29, 1.82) is 0 Å². The van der Waals surface area contributed by atoms with E-state index >= 15 is 0 Å². The maximum atomic E-state index is 10.7. The second-order valence-electron chi connectivity index (χ2n) is 2.94. The molecule has 0 saturated carbocycles. The Morgan fingerprint density at radius 2 is 2.00 bits per heavy atom. The molecule has 1 aromatic carbocycles. The van der Waals surface area contributed by atoms with Gasteiger partial charge in [0.2, 0.25) is 0 Å². The van der Waals surface area contributed by atoms with Crippen molar-refractivity contribution in [3.63, 3.8) is 0 Å². The Labute approximate surface area is 77.2 Å². The van der Waals surface area contributed by atoms with E-state index < -0.39 is 6.04 Å². The van der Waals surface area contributed by atoms with Gasteiger partial charge in [-0.2, -0.15) is 0 Å². The van der Waals surface area contributed by atoms with Crippen LogP contribution in [0.15, 0.2) is 24.3 Å². The zero-order valence-electron chi connectivity index (χ0n) is 7.23. The number of Topliss-reactive ketones (excluding diaryl/α,β-unsaturated/α-hetero) is 1. The molecular formula is C10H12NO2. The van der Waals surface area contributed by atoms with E-state index in [9.17, 15) is 4.79 Å². The quantitative estimate of drug-likeness (QED) is 0.714. The van der Waals surface area contributed by atoms with E-state index in [1.807, 2.05) is 0 Å². The summed E-state index contributed by atoms with van der Waals surface area (Å²) in [6.07, 6.45) is 0.461. The first kappa shape index (κ1) is 9.74. The molecule has 0 bridgehead atoms. The van der Waals surface area contributed by atoms with Gasteiger partial charge in [0.1, 0.15) is 11.5 Å². The molecule has 69 valence electrons. The minimum atomic E-state index is -0.551. The molecule has 1 aromatic rings. The third-order valence-corrected chi connectivity index (χ3v) is 1.81. The summed E-state index contributed by atoms with van der Waals surface area (Å²) in [5, 5.41) is 8.99. The summed E-state index contributed by atoms with van der Waals surface area (Å²) in [5.41, 5.74) is 6.43. The summed E-state index contributed by atoms with van der Waals surface area (Å²) in [7, 11) is 0. The first-order chi connectivity index (χ1) is 6.09. The van der Waals surface area contributed by atoms with E-state index in [1.165, 1.54) is 0 Å². The van der Waals surface area contributed by atoms with Crippen LogP contribution >= 0.6 is 0 Å². The number of nitrogens with two attached hydrogens (primary N) is 1. The van der Waals surface area contributed by atoms with Crippen molar-refractivity contribution in [3.8, 4) is 5.75 Å². The third kappa shape index (κ3) is 2.87. The topological polar surface area (TPSA) is 63.3 Å². The molecule has 0 aromatic heterocycles. The molecule has 0 spiro atoms. The molecule has 0 aliphatic rings. The number of hydrogen-bond acceptors (Lipinski definition) is 3. The lowest BCUT2D eigenvalue weighted by molar-refractivity contribution is -0.116. The number of carbonyl (C=O) groups excluding carboxylic acids is 1. The first-order valence-electron chi connectivity index (χ1n) is 3.99. The van der Waals surface area contributed by atoms with E-state index in [0.717, 1.165) is 5.56 Å². The van der Waals surface area contributed by atoms with Gasteiger partial charge in [-0.1, -0.05) is 12.1 Å². The molecule has 0 fully saturated rings. The van der Waals surface area contributed by atoms with Crippen molar-refractivity contribution in [2.45, 2.75) is 12.5 Å². The minimum Gasteiger partial charge on any atom is -0.508 e. The van der Waals surface area contributed by atoms with Crippen molar-refractivity contribution in [3.05, 3.63) is 36.8 Å². The molecule has 1 rings (SSSR count). The molecule has 3 N–H and O–H groups in total. The molecule has 3 heteroatoms. The van der Waals surface area contributed by atoms with Crippen LogP contribution in [-0.2, 0) is 11.2 Å². The Morgan fingerprint density at radius 3 is 2.46 bits per heavy atom. The fraction of sp³-hybridized carbons (Fsp3) is 0.200. The van der Waals surface area contributed by atoms with Gasteiger partial charge >= 0.3 is 0 Å². The SMILES string of the molecule is [CH2]C(=O)[C@@H](N)Cc1ccc(O)cc1. The predicted octanol–water partition coefficient (Wildman–Crippen LogP) is 0.665. The van der Waals surface area contributed by atoms with Crippen LogP contribution in [0.25, 0.3) is 0 Å². The van der Waals surface area contributed by atoms with E-state index in [2.05, 4.69) is 6.92 Å².